The van der Waals surface area contributed by atoms with E-state index in [1.54, 1.807) is 0 Å². The molecule has 1 nitrogen and oxygen atoms in total. The summed E-state index contributed by atoms with van der Waals surface area (Å²) in [5.41, 5.74) is 0. The molecule has 1 heterocycles. The van der Waals surface area contributed by atoms with Crippen LogP contribution in [0.3, 0.4) is 0 Å². The zero-order valence-corrected chi connectivity index (χ0v) is 5.59. The molecule has 1 rings (SSSR count). The molecule has 0 unspecified atom stereocenters. The molecule has 1 aliphatic heterocycles. The first-order valence-electron chi connectivity index (χ1n) is 2.75. The highest BCUT2D eigenvalue weighted by Crippen LogP contribution is 2.43. The maximum atomic E-state index is 12.1. The van der Waals surface area contributed by atoms with Crippen LogP contribution in [0.5, 0.6) is 0 Å². The SMILES string of the molecule is FC1=C(F)N(F)C(F)(F)C(F)=C1F. The van der Waals surface area contributed by atoms with Crippen molar-refractivity contribution in [1.82, 2.24) is 5.12 Å². The lowest BCUT2D eigenvalue weighted by atomic mass is 10.3. The monoisotopic (exact) mass is 207 g/mol. The minimum atomic E-state index is -5.15. The van der Waals surface area contributed by atoms with Crippen LogP contribution in [-0.2, 0) is 0 Å². The van der Waals surface area contributed by atoms with E-state index in [4.69, 9.17) is 0 Å². The number of allylic oxidation sites excluding steroid dienone is 2. The molecule has 8 heteroatoms. The van der Waals surface area contributed by atoms with E-state index in [9.17, 15) is 30.8 Å². The summed E-state index contributed by atoms with van der Waals surface area (Å²) in [6, 6.07) is -5.15. The highest BCUT2D eigenvalue weighted by molar-refractivity contribution is 5.31. The Morgan fingerprint density at radius 2 is 1.38 bits per heavy atom. The van der Waals surface area contributed by atoms with Gasteiger partial charge >= 0.3 is 6.05 Å². The van der Waals surface area contributed by atoms with E-state index in [1.165, 1.54) is 0 Å². The average molecular weight is 207 g/mol. The fourth-order valence-corrected chi connectivity index (χ4v) is 0.615. The van der Waals surface area contributed by atoms with Gasteiger partial charge in [-0.05, 0) is 0 Å². The van der Waals surface area contributed by atoms with Crippen molar-refractivity contribution in [2.75, 3.05) is 0 Å². The minimum absolute atomic E-state index is 2.12. The van der Waals surface area contributed by atoms with Gasteiger partial charge < -0.3 is 0 Å². The van der Waals surface area contributed by atoms with Crippen molar-refractivity contribution in [3.63, 3.8) is 0 Å². The number of alkyl halides is 2. The van der Waals surface area contributed by atoms with Crippen LogP contribution in [0.15, 0.2) is 23.4 Å². The molecule has 1 aliphatic rings. The van der Waals surface area contributed by atoms with Gasteiger partial charge in [0.2, 0.25) is 17.5 Å². The second kappa shape index (κ2) is 2.64. The fourth-order valence-electron chi connectivity index (χ4n) is 0.615. The van der Waals surface area contributed by atoms with Crippen LogP contribution >= 0.6 is 0 Å². The minimum Gasteiger partial charge on any atom is -0.200 e. The maximum absolute atomic E-state index is 12.1. The van der Waals surface area contributed by atoms with Crippen molar-refractivity contribution in [2.45, 2.75) is 6.05 Å². The second-order valence-corrected chi connectivity index (χ2v) is 2.05. The normalized spacial score (nSPS) is 22.8. The van der Waals surface area contributed by atoms with Crippen molar-refractivity contribution in [3.05, 3.63) is 23.4 Å². The lowest BCUT2D eigenvalue weighted by molar-refractivity contribution is -0.216. The van der Waals surface area contributed by atoms with Crippen molar-refractivity contribution in [3.8, 4) is 0 Å². The molecule has 0 fully saturated rings. The van der Waals surface area contributed by atoms with Crippen LogP contribution in [0, 0.1) is 0 Å². The number of halogens is 7. The van der Waals surface area contributed by atoms with Crippen LogP contribution in [-0.4, -0.2) is 11.2 Å². The second-order valence-electron chi connectivity index (χ2n) is 2.05. The molecule has 0 spiro atoms. The van der Waals surface area contributed by atoms with Gasteiger partial charge in [0.1, 0.15) is 0 Å². The van der Waals surface area contributed by atoms with E-state index >= 15 is 0 Å². The number of nitrogens with zero attached hydrogens (tertiary/aromatic N) is 1. The Kier molecular flexibility index (Phi) is 2.01. The molecule has 74 valence electrons. The van der Waals surface area contributed by atoms with Gasteiger partial charge in [0.25, 0.3) is 5.95 Å². The molecule has 0 amide bonds. The molecule has 0 N–H and O–H groups in total. The van der Waals surface area contributed by atoms with Crippen LogP contribution in [0.25, 0.3) is 0 Å². The predicted molar refractivity (Wildman–Crippen MR) is 26.4 cm³/mol. The highest BCUT2D eigenvalue weighted by Gasteiger charge is 2.53. The van der Waals surface area contributed by atoms with E-state index in [-0.39, 0.29) is 0 Å². The zero-order valence-electron chi connectivity index (χ0n) is 5.59. The van der Waals surface area contributed by atoms with Gasteiger partial charge in [-0.2, -0.15) is 22.0 Å². The summed E-state index contributed by atoms with van der Waals surface area (Å²) >= 11 is 0. The van der Waals surface area contributed by atoms with Gasteiger partial charge in [-0.1, -0.05) is 4.48 Å². The molecule has 0 aromatic rings. The Bertz CT molecular complexity index is 304. The Morgan fingerprint density at radius 1 is 0.923 bits per heavy atom. The Labute approximate surface area is 66.7 Å². The van der Waals surface area contributed by atoms with Crippen LogP contribution in [0.1, 0.15) is 0 Å². The Balaban J connectivity index is 3.32. The van der Waals surface area contributed by atoms with E-state index in [0.29, 0.717) is 0 Å². The zero-order chi connectivity index (χ0) is 10.4. The van der Waals surface area contributed by atoms with Gasteiger partial charge in [-0.15, -0.1) is 5.12 Å². The quantitative estimate of drug-likeness (QED) is 0.335. The standard InChI is InChI=1S/C5F7N/c6-1-2(7)4(9)13(12)5(10,11)3(1)8. The topological polar surface area (TPSA) is 3.24 Å². The Morgan fingerprint density at radius 3 is 1.85 bits per heavy atom. The van der Waals surface area contributed by atoms with Crippen molar-refractivity contribution >= 4 is 0 Å². The third kappa shape index (κ3) is 1.16. The van der Waals surface area contributed by atoms with Crippen LogP contribution in [0.2, 0.25) is 0 Å². The van der Waals surface area contributed by atoms with E-state index in [2.05, 4.69) is 0 Å². The molecule has 0 saturated heterocycles. The van der Waals surface area contributed by atoms with E-state index in [0.717, 1.165) is 0 Å². The third-order valence-electron chi connectivity index (χ3n) is 1.25. The first-order chi connectivity index (χ1) is 5.80. The summed E-state index contributed by atoms with van der Waals surface area (Å²) in [7, 11) is 0. The lowest BCUT2D eigenvalue weighted by Crippen LogP contribution is -2.38. The van der Waals surface area contributed by atoms with Crippen molar-refractivity contribution in [1.29, 1.82) is 0 Å². The maximum Gasteiger partial charge on any atom is 0.409 e. The van der Waals surface area contributed by atoms with Gasteiger partial charge in [-0.3, -0.25) is 0 Å². The molecule has 13 heavy (non-hydrogen) atoms. The largest absolute Gasteiger partial charge is 0.409 e. The third-order valence-corrected chi connectivity index (χ3v) is 1.25. The smallest absolute Gasteiger partial charge is 0.200 e. The average Bonchev–Trinajstić information content (AvgIpc) is 2.09. The first-order valence-corrected chi connectivity index (χ1v) is 2.75. The van der Waals surface area contributed by atoms with Crippen LogP contribution < -0.4 is 0 Å². The number of hydrogen-bond acceptors (Lipinski definition) is 1. The van der Waals surface area contributed by atoms with Gasteiger partial charge in [0.15, 0.2) is 0 Å². The summed E-state index contributed by atoms with van der Waals surface area (Å²) in [6.07, 6.45) is 0. The van der Waals surface area contributed by atoms with Gasteiger partial charge in [-0.25, -0.2) is 4.39 Å². The number of hydrogen-bond donors (Lipinski definition) is 0. The molecular weight excluding hydrogens is 207 g/mol. The fraction of sp³-hybridized carbons (Fsp3) is 0.200. The van der Waals surface area contributed by atoms with Crippen LogP contribution in [0.4, 0.5) is 30.8 Å². The molecule has 0 atom stereocenters. The molecule has 0 aliphatic carbocycles. The molecule has 0 radical (unpaired) electrons. The molecular formula is C5F7N. The Hall–Kier alpha value is -1.21. The summed E-state index contributed by atoms with van der Waals surface area (Å²) in [4.78, 5) is 0. The summed E-state index contributed by atoms with van der Waals surface area (Å²) in [6.45, 7) is 0. The molecule has 0 bridgehead atoms. The van der Waals surface area contributed by atoms with Gasteiger partial charge in [0.05, 0.1) is 0 Å². The summed E-state index contributed by atoms with van der Waals surface area (Å²) in [5, 5.41) is -2.12. The lowest BCUT2D eigenvalue weighted by Gasteiger charge is -2.24. The molecule has 0 aromatic heterocycles. The summed E-state index contributed by atoms with van der Waals surface area (Å²) < 4.78 is 84.4. The molecule has 0 saturated carbocycles. The number of rotatable bonds is 0. The predicted octanol–water partition coefficient (Wildman–Crippen LogP) is 3.04. The molecule has 0 aromatic carbocycles. The summed E-state index contributed by atoms with van der Waals surface area (Å²) in [5.74, 6) is -11.2. The highest BCUT2D eigenvalue weighted by atomic mass is 19.3. The van der Waals surface area contributed by atoms with Crippen molar-refractivity contribution < 1.29 is 30.8 Å². The van der Waals surface area contributed by atoms with E-state index in [1.807, 2.05) is 0 Å². The van der Waals surface area contributed by atoms with Crippen molar-refractivity contribution in [2.24, 2.45) is 0 Å². The van der Waals surface area contributed by atoms with E-state index < -0.39 is 34.6 Å². The van der Waals surface area contributed by atoms with Gasteiger partial charge in [0, 0.05) is 0 Å². The first kappa shape index (κ1) is 9.87.